The van der Waals surface area contributed by atoms with Gasteiger partial charge in [0.25, 0.3) is 0 Å². The predicted octanol–water partition coefficient (Wildman–Crippen LogP) is 5.61. The number of fused-ring (bicyclic) bond motifs is 1. The molecule has 1 unspecified atom stereocenters. The van der Waals surface area contributed by atoms with Crippen LogP contribution in [-0.4, -0.2) is 70.6 Å². The largest absolute Gasteiger partial charge is 0.507 e. The number of aromatic hydroxyl groups is 1. The summed E-state index contributed by atoms with van der Waals surface area (Å²) in [6, 6.07) is 14.4. The molecule has 0 aliphatic carbocycles. The van der Waals surface area contributed by atoms with Crippen LogP contribution < -0.4 is 16.7 Å². The number of aromatic nitrogens is 6. The molecule has 5 heterocycles. The van der Waals surface area contributed by atoms with Crippen molar-refractivity contribution in [3.63, 3.8) is 0 Å². The predicted molar refractivity (Wildman–Crippen MR) is 209 cm³/mol. The van der Waals surface area contributed by atoms with E-state index in [4.69, 9.17) is 5.73 Å². The number of aryl methyl sites for hydroxylation is 2. The molecule has 4 N–H and O–H groups in total. The molecule has 3 aromatic heterocycles. The normalized spacial score (nSPS) is 17.0. The number of amides is 2. The number of nitrogens with two attached hydrogens (primary N) is 1. The van der Waals surface area contributed by atoms with Crippen molar-refractivity contribution >= 4 is 28.7 Å². The number of hydrogen-bond donors (Lipinski definition) is 3. The standard InChI is InChI=1S/C41H51N9O4/c1-47-36-23-28(14-15-34(36)50(41(47)54)35-16-17-38(52)44-40(35)53)11-7-5-3-2-4-6-10-20-48-21-18-29(19-22-48)26-49-27-30(25-43-49)32-24-33(45-46-39(32)42)31-12-8-9-13-37(31)51/h8-9,12-15,23-25,27,29,35,51H,2-7,10-11,16-22,26H2,1H3,(H2,42,46)(H,44,52,53). The molecule has 2 aromatic carbocycles. The number of benzene rings is 2. The molecule has 0 bridgehead atoms. The number of likely N-dealkylation sites (tertiary alicyclic amines) is 1. The average Bonchev–Trinajstić information content (AvgIpc) is 3.73. The number of phenols is 1. The van der Waals surface area contributed by atoms with Gasteiger partial charge in [-0.05, 0) is 100.0 Å². The van der Waals surface area contributed by atoms with Crippen LogP contribution >= 0.6 is 0 Å². The molecule has 0 radical (unpaired) electrons. The molecule has 0 spiro atoms. The van der Waals surface area contributed by atoms with E-state index in [1.807, 2.05) is 41.3 Å². The molecule has 54 heavy (non-hydrogen) atoms. The summed E-state index contributed by atoms with van der Waals surface area (Å²) in [5.74, 6) is 0.392. The first-order valence-corrected chi connectivity index (χ1v) is 19.5. The van der Waals surface area contributed by atoms with Crippen LogP contribution in [0.2, 0.25) is 0 Å². The Hall–Kier alpha value is -5.30. The van der Waals surface area contributed by atoms with Crippen molar-refractivity contribution in [2.24, 2.45) is 13.0 Å². The van der Waals surface area contributed by atoms with Crippen molar-refractivity contribution in [3.05, 3.63) is 77.0 Å². The van der Waals surface area contributed by atoms with Gasteiger partial charge in [-0.15, -0.1) is 10.2 Å². The highest BCUT2D eigenvalue weighted by Gasteiger charge is 2.31. The highest BCUT2D eigenvalue weighted by atomic mass is 16.3. The Morgan fingerprint density at radius 2 is 1.63 bits per heavy atom. The van der Waals surface area contributed by atoms with E-state index < -0.39 is 11.9 Å². The molecule has 284 valence electrons. The van der Waals surface area contributed by atoms with Gasteiger partial charge in [-0.1, -0.05) is 50.3 Å². The van der Waals surface area contributed by atoms with Crippen molar-refractivity contribution in [3.8, 4) is 28.1 Å². The Morgan fingerprint density at radius 3 is 2.41 bits per heavy atom. The van der Waals surface area contributed by atoms with Crippen LogP contribution in [0.1, 0.15) is 82.2 Å². The molecule has 2 amide bonds. The minimum Gasteiger partial charge on any atom is -0.507 e. The Kier molecular flexibility index (Phi) is 11.5. The van der Waals surface area contributed by atoms with Gasteiger partial charge in [0.1, 0.15) is 11.8 Å². The number of hydrogen-bond acceptors (Lipinski definition) is 9. The summed E-state index contributed by atoms with van der Waals surface area (Å²) in [7, 11) is 1.74. The van der Waals surface area contributed by atoms with E-state index >= 15 is 0 Å². The summed E-state index contributed by atoms with van der Waals surface area (Å²) in [5, 5.41) is 25.6. The number of unbranched alkanes of at least 4 members (excludes halogenated alkanes) is 6. The molecule has 0 saturated carbocycles. The van der Waals surface area contributed by atoms with Crippen molar-refractivity contribution in [1.29, 1.82) is 0 Å². The summed E-state index contributed by atoms with van der Waals surface area (Å²) in [5.41, 5.74) is 11.6. The Labute approximate surface area is 315 Å². The topological polar surface area (TPSA) is 166 Å². The van der Waals surface area contributed by atoms with Crippen molar-refractivity contribution < 1.29 is 14.7 Å². The van der Waals surface area contributed by atoms with Crippen LogP contribution in [0.4, 0.5) is 5.82 Å². The lowest BCUT2D eigenvalue weighted by molar-refractivity contribution is -0.135. The molecule has 13 heteroatoms. The molecule has 5 aromatic rings. The third kappa shape index (κ3) is 8.41. The number of carbonyl (C=O) groups is 2. The minimum atomic E-state index is -0.655. The third-order valence-electron chi connectivity index (χ3n) is 11.2. The van der Waals surface area contributed by atoms with Gasteiger partial charge in [0.05, 0.1) is 22.9 Å². The molecule has 13 nitrogen and oxygen atoms in total. The Morgan fingerprint density at radius 1 is 0.870 bits per heavy atom. The van der Waals surface area contributed by atoms with E-state index in [1.165, 1.54) is 68.0 Å². The number of phenolic OH excluding ortho intramolecular Hbond substituents is 1. The molecule has 1 atom stereocenters. The third-order valence-corrected chi connectivity index (χ3v) is 11.2. The first kappa shape index (κ1) is 37.0. The molecule has 2 aliphatic heterocycles. The fourth-order valence-electron chi connectivity index (χ4n) is 8.06. The molecule has 2 fully saturated rings. The first-order chi connectivity index (χ1) is 26.2. The minimum absolute atomic E-state index is 0.153. The number of imidazole rings is 1. The fourth-order valence-corrected chi connectivity index (χ4v) is 8.06. The second-order valence-corrected chi connectivity index (χ2v) is 15.0. The number of piperidine rings is 2. The number of anilines is 1. The summed E-state index contributed by atoms with van der Waals surface area (Å²) >= 11 is 0. The van der Waals surface area contributed by atoms with Gasteiger partial charge in [-0.25, -0.2) is 4.79 Å². The zero-order valence-electron chi connectivity index (χ0n) is 31.1. The number of rotatable bonds is 15. The van der Waals surface area contributed by atoms with Crippen LogP contribution in [0.15, 0.2) is 65.7 Å². The maximum atomic E-state index is 13.0. The lowest BCUT2D eigenvalue weighted by Crippen LogP contribution is -2.44. The quantitative estimate of drug-likeness (QED) is 0.0916. The van der Waals surface area contributed by atoms with Crippen LogP contribution in [0.25, 0.3) is 33.4 Å². The lowest BCUT2D eigenvalue weighted by atomic mass is 9.96. The highest BCUT2D eigenvalue weighted by molar-refractivity contribution is 6.00. The fraction of sp³-hybridized carbons (Fsp3) is 0.463. The summed E-state index contributed by atoms with van der Waals surface area (Å²) < 4.78 is 5.16. The molecule has 7 rings (SSSR count). The maximum absolute atomic E-state index is 13.0. The summed E-state index contributed by atoms with van der Waals surface area (Å²) in [6.45, 7) is 4.31. The van der Waals surface area contributed by atoms with E-state index in [-0.39, 0.29) is 23.8 Å². The van der Waals surface area contributed by atoms with E-state index in [0.717, 1.165) is 54.6 Å². The lowest BCUT2D eigenvalue weighted by Gasteiger charge is -2.31. The van der Waals surface area contributed by atoms with Gasteiger partial charge in [-0.2, -0.15) is 5.10 Å². The zero-order valence-corrected chi connectivity index (χ0v) is 31.1. The summed E-state index contributed by atoms with van der Waals surface area (Å²) in [4.78, 5) is 39.7. The average molecular weight is 734 g/mol. The van der Waals surface area contributed by atoms with Crippen molar-refractivity contribution in [2.75, 3.05) is 25.4 Å². The molecular formula is C41H51N9O4. The number of para-hydroxylation sites is 1. The van der Waals surface area contributed by atoms with E-state index in [9.17, 15) is 19.5 Å². The highest BCUT2D eigenvalue weighted by Crippen LogP contribution is 2.32. The summed E-state index contributed by atoms with van der Waals surface area (Å²) in [6.07, 6.45) is 16.3. The van der Waals surface area contributed by atoms with Crippen LogP contribution in [-0.2, 0) is 29.6 Å². The zero-order chi connectivity index (χ0) is 37.6. The first-order valence-electron chi connectivity index (χ1n) is 19.5. The van der Waals surface area contributed by atoms with Gasteiger partial charge < -0.3 is 15.7 Å². The second-order valence-electron chi connectivity index (χ2n) is 15.0. The Balaban J connectivity index is 0.773. The Bertz CT molecular complexity index is 2160. The van der Waals surface area contributed by atoms with Gasteiger partial charge in [0, 0.05) is 42.9 Å². The van der Waals surface area contributed by atoms with Crippen LogP contribution in [0.5, 0.6) is 5.75 Å². The number of nitrogen functional groups attached to an aromatic ring is 1. The molecule has 2 aliphatic rings. The number of nitrogens with one attached hydrogen (secondary N) is 1. The number of imide groups is 1. The number of carbonyl (C=O) groups excluding carboxylic acids is 2. The van der Waals surface area contributed by atoms with Gasteiger partial charge in [-0.3, -0.25) is 28.7 Å². The smallest absolute Gasteiger partial charge is 0.329 e. The van der Waals surface area contributed by atoms with E-state index in [2.05, 4.69) is 37.6 Å². The van der Waals surface area contributed by atoms with Crippen LogP contribution in [0, 0.1) is 5.92 Å². The maximum Gasteiger partial charge on any atom is 0.329 e. The monoisotopic (exact) mass is 733 g/mol. The van der Waals surface area contributed by atoms with Gasteiger partial charge in [0.2, 0.25) is 11.8 Å². The molecular weight excluding hydrogens is 683 g/mol. The molecule has 2 saturated heterocycles. The van der Waals surface area contributed by atoms with Gasteiger partial charge >= 0.3 is 5.69 Å². The van der Waals surface area contributed by atoms with Crippen molar-refractivity contribution in [2.45, 2.75) is 89.6 Å². The van der Waals surface area contributed by atoms with Crippen LogP contribution in [0.3, 0.4) is 0 Å². The SMILES string of the molecule is Cn1c(=O)n(C2CCC(=O)NC2=O)c2ccc(CCCCCCCCCN3CCC(Cn4cc(-c5cc(-c6ccccc6O)nnc5N)cn4)CC3)cc21. The number of nitrogens with zero attached hydrogens (tertiary/aromatic N) is 7. The van der Waals surface area contributed by atoms with E-state index in [1.54, 1.807) is 23.7 Å². The second kappa shape index (κ2) is 16.8. The van der Waals surface area contributed by atoms with Crippen molar-refractivity contribution in [1.82, 2.24) is 39.3 Å². The van der Waals surface area contributed by atoms with Gasteiger partial charge in [0.15, 0.2) is 5.82 Å². The van der Waals surface area contributed by atoms with E-state index in [0.29, 0.717) is 29.4 Å².